The lowest BCUT2D eigenvalue weighted by Crippen LogP contribution is -2.45. The van der Waals surface area contributed by atoms with Gasteiger partial charge in [-0.25, -0.2) is 9.99 Å². The number of nitrogens with zero attached hydrogens (tertiary/aromatic N) is 6. The van der Waals surface area contributed by atoms with Crippen LogP contribution in [0.4, 0.5) is 28.8 Å². The maximum Gasteiger partial charge on any atom is 0.247 e. The summed E-state index contributed by atoms with van der Waals surface area (Å²) in [5, 5.41) is 20.7. The molecule has 2 aliphatic rings. The van der Waals surface area contributed by atoms with Crippen molar-refractivity contribution in [2.75, 3.05) is 68.4 Å². The molecule has 2 aliphatic heterocycles. The monoisotopic (exact) mass is 523 g/mol. The number of amides is 1. The van der Waals surface area contributed by atoms with Crippen LogP contribution in [0.5, 0.6) is 5.75 Å². The molecule has 12 heteroatoms. The van der Waals surface area contributed by atoms with E-state index in [1.165, 1.54) is 6.08 Å². The maximum absolute atomic E-state index is 12.2. The number of benzene rings is 1. The number of aliphatic hydroxyl groups is 1. The third kappa shape index (κ3) is 5.60. The predicted molar refractivity (Wildman–Crippen MR) is 149 cm³/mol. The highest BCUT2D eigenvalue weighted by Gasteiger charge is 2.38. The molecule has 1 amide bonds. The van der Waals surface area contributed by atoms with Gasteiger partial charge in [0.15, 0.2) is 12.0 Å². The second kappa shape index (κ2) is 11.6. The zero-order valence-corrected chi connectivity index (χ0v) is 22.4. The molecule has 0 saturated carbocycles. The number of likely N-dealkylation sites (N-methyl/N-ethyl adjacent to an activating group) is 2. The number of nitrogens with two attached hydrogens (primary N) is 1. The van der Waals surface area contributed by atoms with Crippen LogP contribution in [0.25, 0.3) is 0 Å². The number of piperidine rings is 1. The molecule has 1 aromatic carbocycles. The largest absolute Gasteiger partial charge is 0.494 e. The summed E-state index contributed by atoms with van der Waals surface area (Å²) in [5.41, 5.74) is 9.56. The van der Waals surface area contributed by atoms with Gasteiger partial charge >= 0.3 is 0 Å². The summed E-state index contributed by atoms with van der Waals surface area (Å²) < 4.78 is 5.68. The van der Waals surface area contributed by atoms with Crippen molar-refractivity contribution in [1.29, 1.82) is 0 Å². The molecule has 0 spiro atoms. The molecule has 204 valence electrons. The van der Waals surface area contributed by atoms with Gasteiger partial charge in [-0.15, -0.1) is 0 Å². The number of methoxy groups -OCH3 is 1. The second-order valence-corrected chi connectivity index (χ2v) is 9.55. The third-order valence-electron chi connectivity index (χ3n) is 6.63. The van der Waals surface area contributed by atoms with E-state index in [-0.39, 0.29) is 5.91 Å². The standard InChI is InChI=1S/C26H37N9O3/c1-6-23(36)29-17-15-18(21(38-5)16-20(17)33(4)14-13-32(2)3)30-26-28-11-10-22(31-26)35-25(37)24(27)19-9-7-8-12-34(19)35/h6,10-11,15-16,25,37H,1,7-9,12-14,27H2,2-5H3,(H,29,36)(H,28,30,31). The molecule has 2 aromatic rings. The number of rotatable bonds is 10. The third-order valence-corrected chi connectivity index (χ3v) is 6.63. The zero-order chi connectivity index (χ0) is 27.4. The Morgan fingerprint density at radius 1 is 1.29 bits per heavy atom. The van der Waals surface area contributed by atoms with Crippen molar-refractivity contribution in [3.05, 3.63) is 48.4 Å². The van der Waals surface area contributed by atoms with E-state index >= 15 is 0 Å². The van der Waals surface area contributed by atoms with Crippen LogP contribution in [0.15, 0.2) is 48.4 Å². The Morgan fingerprint density at radius 2 is 2.08 bits per heavy atom. The Morgan fingerprint density at radius 3 is 2.79 bits per heavy atom. The van der Waals surface area contributed by atoms with E-state index in [2.05, 4.69) is 32.1 Å². The van der Waals surface area contributed by atoms with Crippen LogP contribution in [-0.2, 0) is 4.79 Å². The Balaban J connectivity index is 1.65. The minimum absolute atomic E-state index is 0.298. The van der Waals surface area contributed by atoms with Crippen LogP contribution in [0.2, 0.25) is 0 Å². The van der Waals surface area contributed by atoms with E-state index in [0.29, 0.717) is 34.6 Å². The van der Waals surface area contributed by atoms with Gasteiger partial charge in [0.2, 0.25) is 11.9 Å². The first kappa shape index (κ1) is 27.0. The van der Waals surface area contributed by atoms with Crippen molar-refractivity contribution in [3.8, 4) is 5.75 Å². The second-order valence-electron chi connectivity index (χ2n) is 9.55. The molecular weight excluding hydrogens is 486 g/mol. The number of nitrogens with one attached hydrogen (secondary N) is 2. The molecule has 0 aliphatic carbocycles. The molecule has 1 saturated heterocycles. The molecule has 0 bridgehead atoms. The minimum Gasteiger partial charge on any atom is -0.494 e. The quantitative estimate of drug-likeness (QED) is 0.341. The average Bonchev–Trinajstić information content (AvgIpc) is 3.17. The summed E-state index contributed by atoms with van der Waals surface area (Å²) in [6.07, 6.45) is 4.71. The molecule has 3 heterocycles. The fourth-order valence-corrected chi connectivity index (χ4v) is 4.57. The van der Waals surface area contributed by atoms with Crippen molar-refractivity contribution in [1.82, 2.24) is 19.9 Å². The number of hydrazine groups is 1. The van der Waals surface area contributed by atoms with Crippen molar-refractivity contribution < 1.29 is 14.6 Å². The topological polar surface area (TPSA) is 135 Å². The number of carbonyl (C=O) groups is 1. The Hall–Kier alpha value is -4.03. The molecule has 1 aromatic heterocycles. The van der Waals surface area contributed by atoms with Crippen LogP contribution in [0, 0.1) is 0 Å². The lowest BCUT2D eigenvalue weighted by Gasteiger charge is -2.36. The molecule has 0 radical (unpaired) electrons. The number of anilines is 5. The van der Waals surface area contributed by atoms with Crippen molar-refractivity contribution in [2.45, 2.75) is 25.5 Å². The van der Waals surface area contributed by atoms with Crippen molar-refractivity contribution in [2.24, 2.45) is 5.73 Å². The summed E-state index contributed by atoms with van der Waals surface area (Å²) in [6, 6.07) is 5.37. The number of allylic oxidation sites excluding steroid dienone is 1. The number of hydrogen-bond donors (Lipinski definition) is 4. The SMILES string of the molecule is C=CC(=O)Nc1cc(Nc2nccc(N3C(O)C(N)=C4CCCCN43)n2)c(OC)cc1N(C)CCN(C)C. The summed E-state index contributed by atoms with van der Waals surface area (Å²) in [6.45, 7) is 5.88. The van der Waals surface area contributed by atoms with Gasteiger partial charge < -0.3 is 36.0 Å². The van der Waals surface area contributed by atoms with Crippen LogP contribution in [0.3, 0.4) is 0 Å². The fourth-order valence-electron chi connectivity index (χ4n) is 4.57. The minimum atomic E-state index is -0.988. The van der Waals surface area contributed by atoms with Crippen molar-refractivity contribution >= 4 is 34.7 Å². The van der Waals surface area contributed by atoms with E-state index in [0.717, 1.165) is 50.3 Å². The predicted octanol–water partition coefficient (Wildman–Crippen LogP) is 2.06. The van der Waals surface area contributed by atoms with Gasteiger partial charge in [0.1, 0.15) is 5.75 Å². The van der Waals surface area contributed by atoms with Crippen LogP contribution < -0.4 is 31.0 Å². The van der Waals surface area contributed by atoms with Crippen LogP contribution >= 0.6 is 0 Å². The number of hydrogen-bond acceptors (Lipinski definition) is 11. The molecule has 4 rings (SSSR count). The van der Waals surface area contributed by atoms with E-state index in [1.807, 2.05) is 37.1 Å². The molecule has 1 atom stereocenters. The summed E-state index contributed by atoms with van der Waals surface area (Å²) in [5.74, 6) is 1.03. The number of aliphatic hydroxyl groups excluding tert-OH is 1. The van der Waals surface area contributed by atoms with E-state index in [1.54, 1.807) is 30.4 Å². The Labute approximate surface area is 223 Å². The molecule has 5 N–H and O–H groups in total. The highest BCUT2D eigenvalue weighted by atomic mass is 16.5. The lowest BCUT2D eigenvalue weighted by atomic mass is 10.1. The molecule has 38 heavy (non-hydrogen) atoms. The van der Waals surface area contributed by atoms with Crippen LogP contribution in [0.1, 0.15) is 19.3 Å². The summed E-state index contributed by atoms with van der Waals surface area (Å²) in [4.78, 5) is 25.4. The molecule has 12 nitrogen and oxygen atoms in total. The van der Waals surface area contributed by atoms with Gasteiger partial charge in [0, 0.05) is 45.0 Å². The molecular formula is C26H37N9O3. The first-order valence-electron chi connectivity index (χ1n) is 12.6. The zero-order valence-electron chi connectivity index (χ0n) is 22.4. The van der Waals surface area contributed by atoms with E-state index in [9.17, 15) is 9.90 Å². The normalized spacial score (nSPS) is 16.9. The van der Waals surface area contributed by atoms with Crippen molar-refractivity contribution in [3.63, 3.8) is 0 Å². The van der Waals surface area contributed by atoms with Gasteiger partial charge in [0.05, 0.1) is 35.6 Å². The number of aromatic nitrogens is 2. The highest BCUT2D eigenvalue weighted by Crippen LogP contribution is 2.39. The Kier molecular flexibility index (Phi) is 8.23. The smallest absolute Gasteiger partial charge is 0.247 e. The first-order valence-corrected chi connectivity index (χ1v) is 12.6. The summed E-state index contributed by atoms with van der Waals surface area (Å²) in [7, 11) is 7.55. The summed E-state index contributed by atoms with van der Waals surface area (Å²) >= 11 is 0. The Bertz CT molecular complexity index is 1220. The van der Waals surface area contributed by atoms with Gasteiger partial charge in [-0.1, -0.05) is 6.58 Å². The van der Waals surface area contributed by atoms with Crippen LogP contribution in [-0.4, -0.2) is 85.0 Å². The number of fused-ring (bicyclic) bond motifs is 1. The maximum atomic E-state index is 12.2. The fraction of sp³-hybridized carbons (Fsp3) is 0.423. The van der Waals surface area contributed by atoms with Gasteiger partial charge in [-0.3, -0.25) is 9.80 Å². The van der Waals surface area contributed by atoms with Gasteiger partial charge in [0.25, 0.3) is 0 Å². The number of carbonyl (C=O) groups excluding carboxylic acids is 1. The first-order chi connectivity index (χ1) is 18.2. The highest BCUT2D eigenvalue weighted by molar-refractivity contribution is 6.02. The van der Waals surface area contributed by atoms with Gasteiger partial charge in [-0.05, 0) is 45.5 Å². The van der Waals surface area contributed by atoms with Gasteiger partial charge in [-0.2, -0.15) is 4.98 Å². The van der Waals surface area contributed by atoms with E-state index in [4.69, 9.17) is 10.5 Å². The average molecular weight is 524 g/mol. The number of ether oxygens (including phenoxy) is 1. The molecule has 1 fully saturated rings. The lowest BCUT2D eigenvalue weighted by molar-refractivity contribution is -0.111. The van der Waals surface area contributed by atoms with E-state index < -0.39 is 6.23 Å². The molecule has 1 unspecified atom stereocenters.